The van der Waals surface area contributed by atoms with Crippen LogP contribution in [0.1, 0.15) is 49.8 Å². The second kappa shape index (κ2) is 5.84. The fourth-order valence-corrected chi connectivity index (χ4v) is 2.28. The maximum Gasteiger partial charge on any atom is 0.0991 e. The lowest BCUT2D eigenvalue weighted by molar-refractivity contribution is 0.288. The maximum absolute atomic E-state index is 8.86. The Morgan fingerprint density at radius 3 is 2.94 bits per heavy atom. The highest BCUT2D eigenvalue weighted by Crippen LogP contribution is 2.29. The van der Waals surface area contributed by atoms with E-state index in [1.165, 1.54) is 31.2 Å². The normalized spacial score (nSPS) is 17.2. The van der Waals surface area contributed by atoms with Gasteiger partial charge < -0.3 is 5.32 Å². The SMILES string of the molecule is CC(NCCC1CCC1)c1cccc(C#N)c1. The first-order valence-corrected chi connectivity index (χ1v) is 6.53. The van der Waals surface area contributed by atoms with Crippen molar-refractivity contribution in [3.8, 4) is 6.07 Å². The van der Waals surface area contributed by atoms with Crippen molar-refractivity contribution in [2.45, 2.75) is 38.6 Å². The van der Waals surface area contributed by atoms with Crippen molar-refractivity contribution in [2.75, 3.05) is 6.54 Å². The van der Waals surface area contributed by atoms with Gasteiger partial charge in [-0.2, -0.15) is 5.26 Å². The Balaban J connectivity index is 1.81. The number of nitrogens with zero attached hydrogens (tertiary/aromatic N) is 1. The summed E-state index contributed by atoms with van der Waals surface area (Å²) in [7, 11) is 0. The smallest absolute Gasteiger partial charge is 0.0991 e. The van der Waals surface area contributed by atoms with E-state index in [1.807, 2.05) is 18.2 Å². The molecule has 0 aliphatic heterocycles. The molecule has 1 N–H and O–H groups in total. The first-order chi connectivity index (χ1) is 8.29. The van der Waals surface area contributed by atoms with Crippen molar-refractivity contribution < 1.29 is 0 Å². The first kappa shape index (κ1) is 12.1. The summed E-state index contributed by atoms with van der Waals surface area (Å²) >= 11 is 0. The van der Waals surface area contributed by atoms with Gasteiger partial charge in [0.05, 0.1) is 11.6 Å². The van der Waals surface area contributed by atoms with E-state index in [-0.39, 0.29) is 0 Å². The van der Waals surface area contributed by atoms with Crippen LogP contribution in [-0.4, -0.2) is 6.54 Å². The van der Waals surface area contributed by atoms with Gasteiger partial charge in [0, 0.05) is 6.04 Å². The molecule has 1 aliphatic carbocycles. The first-order valence-electron chi connectivity index (χ1n) is 6.53. The van der Waals surface area contributed by atoms with Gasteiger partial charge in [-0.3, -0.25) is 0 Å². The fraction of sp³-hybridized carbons (Fsp3) is 0.533. The molecule has 1 atom stereocenters. The van der Waals surface area contributed by atoms with Crippen molar-refractivity contribution in [1.82, 2.24) is 5.32 Å². The molecule has 2 nitrogen and oxygen atoms in total. The predicted molar refractivity (Wildman–Crippen MR) is 69.5 cm³/mol. The quantitative estimate of drug-likeness (QED) is 0.838. The number of hydrogen-bond donors (Lipinski definition) is 1. The molecule has 0 heterocycles. The van der Waals surface area contributed by atoms with Crippen LogP contribution in [0.5, 0.6) is 0 Å². The molecule has 1 aromatic carbocycles. The molecule has 0 spiro atoms. The van der Waals surface area contributed by atoms with E-state index in [1.54, 1.807) is 0 Å². The number of nitriles is 1. The van der Waals surface area contributed by atoms with Crippen molar-refractivity contribution in [1.29, 1.82) is 5.26 Å². The molecule has 0 radical (unpaired) electrons. The largest absolute Gasteiger partial charge is 0.310 e. The summed E-state index contributed by atoms with van der Waals surface area (Å²) in [4.78, 5) is 0. The molecule has 1 fully saturated rings. The summed E-state index contributed by atoms with van der Waals surface area (Å²) in [6.45, 7) is 3.25. The van der Waals surface area contributed by atoms with E-state index in [0.29, 0.717) is 6.04 Å². The third kappa shape index (κ3) is 3.31. The molecule has 1 saturated carbocycles. The van der Waals surface area contributed by atoms with E-state index < -0.39 is 0 Å². The Labute approximate surface area is 104 Å². The number of hydrogen-bond acceptors (Lipinski definition) is 2. The van der Waals surface area contributed by atoms with Gasteiger partial charge >= 0.3 is 0 Å². The van der Waals surface area contributed by atoms with Crippen LogP contribution in [0.25, 0.3) is 0 Å². The third-order valence-corrected chi connectivity index (χ3v) is 3.74. The molecule has 2 rings (SSSR count). The minimum absolute atomic E-state index is 0.336. The molecular formula is C15H20N2. The zero-order chi connectivity index (χ0) is 12.1. The molecule has 0 aromatic heterocycles. The molecular weight excluding hydrogens is 208 g/mol. The highest BCUT2D eigenvalue weighted by molar-refractivity contribution is 5.33. The van der Waals surface area contributed by atoms with Gasteiger partial charge in [-0.1, -0.05) is 31.4 Å². The summed E-state index contributed by atoms with van der Waals surface area (Å²) in [6, 6.07) is 10.4. The zero-order valence-electron chi connectivity index (χ0n) is 10.4. The summed E-state index contributed by atoms with van der Waals surface area (Å²) in [5.74, 6) is 0.958. The van der Waals surface area contributed by atoms with Crippen LogP contribution in [0.2, 0.25) is 0 Å². The molecule has 0 bridgehead atoms. The van der Waals surface area contributed by atoms with E-state index in [2.05, 4.69) is 24.4 Å². The van der Waals surface area contributed by atoms with Gasteiger partial charge in [0.2, 0.25) is 0 Å². The monoisotopic (exact) mass is 228 g/mol. The van der Waals surface area contributed by atoms with Crippen molar-refractivity contribution in [2.24, 2.45) is 5.92 Å². The number of benzene rings is 1. The van der Waals surface area contributed by atoms with E-state index in [9.17, 15) is 0 Å². The molecule has 90 valence electrons. The van der Waals surface area contributed by atoms with E-state index in [0.717, 1.165) is 18.0 Å². The number of rotatable bonds is 5. The van der Waals surface area contributed by atoms with Gasteiger partial charge in [-0.15, -0.1) is 0 Å². The lowest BCUT2D eigenvalue weighted by atomic mass is 9.83. The van der Waals surface area contributed by atoms with Crippen LogP contribution < -0.4 is 5.32 Å². The van der Waals surface area contributed by atoms with Gasteiger partial charge in [0.15, 0.2) is 0 Å². The third-order valence-electron chi connectivity index (χ3n) is 3.74. The molecule has 1 aliphatic rings. The topological polar surface area (TPSA) is 35.8 Å². The van der Waals surface area contributed by atoms with Gasteiger partial charge in [-0.25, -0.2) is 0 Å². The van der Waals surface area contributed by atoms with Gasteiger partial charge in [-0.05, 0) is 43.5 Å². The molecule has 0 saturated heterocycles. The highest BCUT2D eigenvalue weighted by Gasteiger charge is 2.16. The highest BCUT2D eigenvalue weighted by atomic mass is 14.9. The second-order valence-electron chi connectivity index (χ2n) is 5.00. The average molecular weight is 228 g/mol. The zero-order valence-corrected chi connectivity index (χ0v) is 10.4. The molecule has 1 unspecified atom stereocenters. The van der Waals surface area contributed by atoms with Crippen molar-refractivity contribution in [3.05, 3.63) is 35.4 Å². The minimum atomic E-state index is 0.336. The standard InChI is InChI=1S/C15H20N2/c1-12(17-9-8-13-4-2-5-13)15-7-3-6-14(10-15)11-16/h3,6-7,10,12-13,17H,2,4-5,8-9H2,1H3. The Morgan fingerprint density at radius 1 is 1.47 bits per heavy atom. The summed E-state index contributed by atoms with van der Waals surface area (Å²) < 4.78 is 0. The summed E-state index contributed by atoms with van der Waals surface area (Å²) in [6.07, 6.45) is 5.55. The van der Waals surface area contributed by atoms with Crippen LogP contribution in [-0.2, 0) is 0 Å². The van der Waals surface area contributed by atoms with Gasteiger partial charge in [0.25, 0.3) is 0 Å². The predicted octanol–water partition coefficient (Wildman–Crippen LogP) is 3.40. The van der Waals surface area contributed by atoms with E-state index in [4.69, 9.17) is 5.26 Å². The van der Waals surface area contributed by atoms with Crippen LogP contribution in [0.4, 0.5) is 0 Å². The Hall–Kier alpha value is -1.33. The molecule has 1 aromatic rings. The van der Waals surface area contributed by atoms with Gasteiger partial charge in [0.1, 0.15) is 0 Å². The van der Waals surface area contributed by atoms with Crippen LogP contribution in [0.15, 0.2) is 24.3 Å². The molecule has 17 heavy (non-hydrogen) atoms. The van der Waals surface area contributed by atoms with Crippen molar-refractivity contribution in [3.63, 3.8) is 0 Å². The van der Waals surface area contributed by atoms with Crippen LogP contribution >= 0.6 is 0 Å². The molecule has 0 amide bonds. The van der Waals surface area contributed by atoms with E-state index >= 15 is 0 Å². The van der Waals surface area contributed by atoms with Crippen LogP contribution in [0, 0.1) is 17.2 Å². The minimum Gasteiger partial charge on any atom is -0.310 e. The van der Waals surface area contributed by atoms with Crippen LogP contribution in [0.3, 0.4) is 0 Å². The summed E-state index contributed by atoms with van der Waals surface area (Å²) in [5, 5.41) is 12.4. The average Bonchev–Trinajstić information content (AvgIpc) is 2.32. The lowest BCUT2D eigenvalue weighted by Gasteiger charge is -2.26. The Kier molecular flexibility index (Phi) is 4.17. The lowest BCUT2D eigenvalue weighted by Crippen LogP contribution is -2.24. The Bertz CT molecular complexity index is 402. The molecule has 2 heteroatoms. The number of nitrogens with one attached hydrogen (secondary N) is 1. The Morgan fingerprint density at radius 2 is 2.29 bits per heavy atom. The second-order valence-corrected chi connectivity index (χ2v) is 5.00. The summed E-state index contributed by atoms with van der Waals surface area (Å²) in [5.41, 5.74) is 1.95. The maximum atomic E-state index is 8.86. The fourth-order valence-electron chi connectivity index (χ4n) is 2.28. The van der Waals surface area contributed by atoms with Crippen molar-refractivity contribution >= 4 is 0 Å².